The van der Waals surface area contributed by atoms with E-state index in [0.717, 1.165) is 75.5 Å². The molecule has 0 radical (unpaired) electrons. The fourth-order valence-corrected chi connectivity index (χ4v) is 14.6. The lowest BCUT2D eigenvalue weighted by molar-refractivity contribution is -0.136. The minimum absolute atomic E-state index is 0.0193. The van der Waals surface area contributed by atoms with Gasteiger partial charge in [-0.15, -0.1) is 0 Å². The molecule has 1 amide bonds. The number of primary amides is 1. The van der Waals surface area contributed by atoms with Gasteiger partial charge in [0.05, 0.1) is 63.8 Å². The third-order valence-corrected chi connectivity index (χ3v) is 23.7. The van der Waals surface area contributed by atoms with E-state index in [0.29, 0.717) is 106 Å². The van der Waals surface area contributed by atoms with Gasteiger partial charge >= 0.3 is 6.18 Å². The summed E-state index contributed by atoms with van der Waals surface area (Å²) in [4.78, 5) is 47.4. The molecule has 0 atom stereocenters. The zero-order valence-electron chi connectivity index (χ0n) is 87.0. The minimum Gasteiger partial charge on any atom is -0.490 e. The predicted molar refractivity (Wildman–Crippen MR) is 574 cm³/mol. The number of likely N-dealkylation sites (N-methyl/N-ethyl adjacent to an activating group) is 1. The van der Waals surface area contributed by atoms with E-state index in [1.54, 1.807) is 54.6 Å². The molecule has 2 heterocycles. The van der Waals surface area contributed by atoms with Gasteiger partial charge in [-0.1, -0.05) is 334 Å². The highest BCUT2D eigenvalue weighted by Crippen LogP contribution is 2.40. The predicted octanol–water partition coefficient (Wildman–Crippen LogP) is 36.6. The SMILES string of the molecule is CC(C)c1ccc(-c2ccc3c(c2)OCCN3C)c(F)c1.CC(C)c1ccc(C(N)=O)cc1.CC(C)c1ccc2c(c1)C=NC2.CC(C)c1ccc2c(c1)CC(=O)C2.CC(C)c1cccc(F)c1.[C-]#[N+]c1ccc(C(C)C)c(C)c1.[C-]#[N+]c1ccc(C(C)C)c(F)c1.[C-]#[N+]c1ccc(C(C)C)cc1.[C-]#[N+]c1ccc(C(C)C)cc1C.[C-]#[N+]c1ccc(C(C)C)cc1C(F)(F)F.[C-]#[N+]c1ccc(C(C)C)cc1F. The molecular weight excluding hydrogens is 1780 g/mol. The lowest BCUT2D eigenvalue weighted by Crippen LogP contribution is -2.28. The second-order valence-corrected chi connectivity index (χ2v) is 38.3. The van der Waals surface area contributed by atoms with Crippen LogP contribution in [-0.2, 0) is 30.4 Å². The van der Waals surface area contributed by atoms with E-state index in [1.807, 2.05) is 165 Å². The van der Waals surface area contributed by atoms with Gasteiger partial charge in [-0.2, -0.15) is 13.2 Å². The zero-order chi connectivity index (χ0) is 106. The van der Waals surface area contributed by atoms with Gasteiger partial charge in [-0.25, -0.2) is 46.6 Å². The fraction of sp³-hybridized carbons (Fsp3) is 0.341. The van der Waals surface area contributed by atoms with Crippen LogP contribution in [0.5, 0.6) is 5.75 Å². The zero-order valence-corrected chi connectivity index (χ0v) is 87.0. The number of fused-ring (bicyclic) bond motifs is 3. The smallest absolute Gasteiger partial charge is 0.407 e. The summed E-state index contributed by atoms with van der Waals surface area (Å²) in [7, 11) is 2.04. The maximum atomic E-state index is 14.4. The third kappa shape index (κ3) is 37.9. The van der Waals surface area contributed by atoms with Gasteiger partial charge in [0.25, 0.3) is 0 Å². The maximum Gasteiger partial charge on any atom is 0.407 e. The maximum absolute atomic E-state index is 14.4. The van der Waals surface area contributed by atoms with Crippen LogP contribution in [0, 0.1) is 76.5 Å². The summed E-state index contributed by atoms with van der Waals surface area (Å²) in [6, 6.07) is 71.4. The molecule has 12 aromatic carbocycles. The number of rotatable bonds is 13. The highest BCUT2D eigenvalue weighted by molar-refractivity contribution is 5.93. The number of aliphatic imine (C=N–C) groups is 1. The Balaban J connectivity index is 0.000000277. The molecule has 0 bridgehead atoms. The molecule has 0 aromatic heterocycles. The van der Waals surface area contributed by atoms with Crippen LogP contribution in [0.25, 0.3) is 40.2 Å². The molecule has 0 spiro atoms. The lowest BCUT2D eigenvalue weighted by Gasteiger charge is -2.28. The van der Waals surface area contributed by atoms with E-state index in [4.69, 9.17) is 49.9 Å². The summed E-state index contributed by atoms with van der Waals surface area (Å²) in [5.74, 6) is 4.33. The molecular formula is C123H138F7N9O3. The summed E-state index contributed by atoms with van der Waals surface area (Å²) in [5, 5.41) is 0. The van der Waals surface area contributed by atoms with Crippen molar-refractivity contribution in [3.8, 4) is 16.9 Å². The summed E-state index contributed by atoms with van der Waals surface area (Å²) < 4.78 is 96.3. The number of hydrogen-bond donors (Lipinski definition) is 1. The normalized spacial score (nSPS) is 11.6. The second-order valence-electron chi connectivity index (χ2n) is 38.3. The van der Waals surface area contributed by atoms with Crippen molar-refractivity contribution in [2.75, 3.05) is 25.1 Å². The van der Waals surface area contributed by atoms with Crippen molar-refractivity contribution < 1.29 is 45.1 Å². The molecule has 0 unspecified atom stereocenters. The van der Waals surface area contributed by atoms with Crippen LogP contribution in [0.15, 0.2) is 242 Å². The number of halogens is 7. The Kier molecular flexibility index (Phi) is 48.1. The molecule has 742 valence electrons. The number of amides is 1. The molecule has 12 aromatic rings. The first-order valence-electron chi connectivity index (χ1n) is 48.0. The van der Waals surface area contributed by atoms with Gasteiger partial charge in [0.15, 0.2) is 28.4 Å². The highest BCUT2D eigenvalue weighted by atomic mass is 19.4. The van der Waals surface area contributed by atoms with E-state index >= 15 is 0 Å². The average molecular weight is 1920 g/mol. The molecule has 2 aliphatic heterocycles. The first kappa shape index (κ1) is 118. The fourth-order valence-electron chi connectivity index (χ4n) is 14.6. The van der Waals surface area contributed by atoms with Gasteiger partial charge in [0, 0.05) is 37.2 Å². The van der Waals surface area contributed by atoms with Crippen molar-refractivity contribution in [3.63, 3.8) is 0 Å². The summed E-state index contributed by atoms with van der Waals surface area (Å²) in [6.07, 6.45) is -1.18. The quantitative estimate of drug-likeness (QED) is 0.0915. The number of anilines is 1. The Bertz CT molecular complexity index is 6320. The van der Waals surface area contributed by atoms with Gasteiger partial charge < -0.3 is 15.4 Å². The number of aryl methyl sites for hydroxylation is 2. The summed E-state index contributed by atoms with van der Waals surface area (Å²) >= 11 is 0. The van der Waals surface area contributed by atoms with Gasteiger partial charge in [-0.05, 0) is 234 Å². The molecule has 12 nitrogen and oxygen atoms in total. The number of hydrogen-bond acceptors (Lipinski definition) is 5. The highest BCUT2D eigenvalue weighted by Gasteiger charge is 2.34. The van der Waals surface area contributed by atoms with Crippen LogP contribution in [-0.4, -0.2) is 38.1 Å². The number of nitrogens with two attached hydrogens (primary N) is 1. The van der Waals surface area contributed by atoms with E-state index in [9.17, 15) is 40.3 Å². The molecule has 3 aliphatic rings. The van der Waals surface area contributed by atoms with Crippen LogP contribution in [0.3, 0.4) is 0 Å². The molecule has 1 aliphatic carbocycles. The van der Waals surface area contributed by atoms with Crippen molar-refractivity contribution in [1.29, 1.82) is 0 Å². The molecule has 2 N–H and O–H groups in total. The number of Topliss-reactive ketones (excluding diaryl/α,β-unsaturated/α-hetero) is 1. The second kappa shape index (κ2) is 57.9. The monoisotopic (exact) mass is 1920 g/mol. The number of nitrogens with zero attached hydrogens (tertiary/aromatic N) is 8. The van der Waals surface area contributed by atoms with E-state index in [1.165, 1.54) is 91.5 Å². The van der Waals surface area contributed by atoms with E-state index in [-0.39, 0.29) is 46.6 Å². The van der Waals surface area contributed by atoms with Gasteiger partial charge in [0.1, 0.15) is 41.4 Å². The van der Waals surface area contributed by atoms with Gasteiger partial charge in [0.2, 0.25) is 11.6 Å². The topological polar surface area (TPSA) is 111 Å². The molecule has 0 saturated carbocycles. The Labute approximate surface area is 841 Å². The minimum atomic E-state index is -4.45. The third-order valence-electron chi connectivity index (χ3n) is 23.7. The molecule has 0 saturated heterocycles. The summed E-state index contributed by atoms with van der Waals surface area (Å²) in [5.41, 5.74) is 29.3. The number of carbonyl (C=O) groups excluding carboxylic acids is 2. The number of carbonyl (C=O) groups is 2. The van der Waals surface area contributed by atoms with Crippen molar-refractivity contribution in [2.24, 2.45) is 10.7 Å². The average Bonchev–Trinajstić information content (AvgIpc) is 1.14. The standard InChI is InChI=1S/C18H20FNO.C12H14O.C11H10F3N.3C11H13N.2C10H10FN.C10H13NO.C10H11N.C9H11F/c1-12(2)13-4-6-15(16(19)10-13)14-5-7-17-18(11-14)21-9-8-20(17)3;1-8(2)9-3-4-10-6-12(13)7-11(10)5-9;1-7(2)8-4-5-10(15-3)9(6-8)11(12,13)14;1-8(2)9-3-4-10-6-12-7-11(10)5-9;1-8(2)11-6-5-10(12-4)7-9(11)3;1-8(2)10-5-6-11(12-4)9(3)7-10;1-7(2)9-5-4-8(12-3)6-10(9)11;1-7(2)8-4-5-10(12-3)9(11)6-8;1-7(2)8-3-5-9(6-4-8)10(11)12;1-8(2)9-4-6-10(11-3)7-5-9;1-7(2)8-4-3-5-9(10)6-8/h4-7,10-12H,8-9H2,1-3H3;3-5,8H,6-7H2,1-2H3;4-7H,1-2H3;3-5,7-8H,6H2,1-2H3;2*5-8H,1-3H3;2*4-7H,1-2H3;3-7H,1-2H3,(H2,11,12);4-8H,1-2H3;3-7H,1-2H3. The van der Waals surface area contributed by atoms with Crippen molar-refractivity contribution in [1.82, 2.24) is 0 Å². The largest absolute Gasteiger partial charge is 0.490 e. The van der Waals surface area contributed by atoms with Gasteiger partial charge in [-0.3, -0.25) is 14.6 Å². The molecule has 15 rings (SSSR count). The first-order chi connectivity index (χ1) is 67.0. The van der Waals surface area contributed by atoms with Crippen LogP contribution in [0.2, 0.25) is 0 Å². The molecule has 0 fully saturated rings. The van der Waals surface area contributed by atoms with Crippen molar-refractivity contribution in [3.05, 3.63) is 434 Å². The Morgan fingerprint density at radius 1 is 0.387 bits per heavy atom. The number of benzene rings is 12. The first-order valence-corrected chi connectivity index (χ1v) is 48.0. The van der Waals surface area contributed by atoms with Crippen LogP contribution in [0.1, 0.15) is 328 Å². The Morgan fingerprint density at radius 3 is 1.27 bits per heavy atom. The van der Waals surface area contributed by atoms with Crippen LogP contribution in [0.4, 0.5) is 70.5 Å². The van der Waals surface area contributed by atoms with Crippen molar-refractivity contribution >= 4 is 57.7 Å². The number of alkyl halides is 3. The Morgan fingerprint density at radius 2 is 0.817 bits per heavy atom. The lowest BCUT2D eigenvalue weighted by atomic mass is 9.97. The summed E-state index contributed by atoms with van der Waals surface area (Å²) in [6.45, 7) is 92.6. The van der Waals surface area contributed by atoms with Crippen molar-refractivity contribution in [2.45, 2.75) is 257 Å². The Hall–Kier alpha value is -14.5. The van der Waals surface area contributed by atoms with Crippen LogP contribution >= 0.6 is 0 Å². The van der Waals surface area contributed by atoms with E-state index < -0.39 is 17.6 Å². The number of ketones is 1. The molecule has 142 heavy (non-hydrogen) atoms. The number of ether oxygens (including phenoxy) is 1. The molecule has 19 heteroatoms. The van der Waals surface area contributed by atoms with Crippen LogP contribution < -0.4 is 15.4 Å². The van der Waals surface area contributed by atoms with E-state index in [2.05, 4.69) is 199 Å².